The first-order chi connectivity index (χ1) is 15.3. The lowest BCUT2D eigenvalue weighted by atomic mass is 10.1. The predicted molar refractivity (Wildman–Crippen MR) is 123 cm³/mol. The Balaban J connectivity index is 1.85. The Hall–Kier alpha value is -3.42. The lowest BCUT2D eigenvalue weighted by molar-refractivity contribution is 0.0997. The average molecular weight is 434 g/mol. The Morgan fingerprint density at radius 3 is 2.48 bits per heavy atom. The number of ether oxygens (including phenoxy) is 1. The Morgan fingerprint density at radius 2 is 1.81 bits per heavy atom. The molecule has 2 aromatic heterocycles. The van der Waals surface area contributed by atoms with Gasteiger partial charge < -0.3 is 19.0 Å². The third-order valence-corrected chi connectivity index (χ3v) is 5.63. The van der Waals surface area contributed by atoms with Crippen molar-refractivity contribution in [1.82, 2.24) is 4.57 Å². The summed E-state index contributed by atoms with van der Waals surface area (Å²) in [7, 11) is 1.70. The van der Waals surface area contributed by atoms with Crippen molar-refractivity contribution in [2.75, 3.05) is 19.0 Å². The molecule has 0 saturated carbocycles. The fraction of sp³-hybridized carbons (Fsp3) is 0.167. The van der Waals surface area contributed by atoms with Crippen molar-refractivity contribution in [2.24, 2.45) is 4.99 Å². The number of benzene rings is 2. The lowest BCUT2D eigenvalue weighted by Gasteiger charge is -2.11. The van der Waals surface area contributed by atoms with E-state index in [-0.39, 0.29) is 11.7 Å². The van der Waals surface area contributed by atoms with Crippen LogP contribution in [0.25, 0.3) is 11.3 Å². The highest BCUT2D eigenvalue weighted by Gasteiger charge is 2.19. The quantitative estimate of drug-likeness (QED) is 0.382. The van der Waals surface area contributed by atoms with Crippen molar-refractivity contribution in [1.29, 1.82) is 0 Å². The Kier molecular flexibility index (Phi) is 6.76. The molecule has 0 atom stereocenters. The van der Waals surface area contributed by atoms with Gasteiger partial charge in [0.25, 0.3) is 5.91 Å². The van der Waals surface area contributed by atoms with Gasteiger partial charge in [-0.05, 0) is 30.7 Å². The van der Waals surface area contributed by atoms with E-state index in [4.69, 9.17) is 14.1 Å². The van der Waals surface area contributed by atoms with Crippen molar-refractivity contribution in [3.8, 4) is 11.3 Å². The fourth-order valence-corrected chi connectivity index (χ4v) is 4.32. The van der Waals surface area contributed by atoms with Crippen LogP contribution in [0.4, 0.5) is 10.7 Å². The summed E-state index contributed by atoms with van der Waals surface area (Å²) in [5.41, 5.74) is 2.77. The summed E-state index contributed by atoms with van der Waals surface area (Å²) in [6.45, 7) is 1.34. The maximum absolute atomic E-state index is 12.7. The third kappa shape index (κ3) is 5.02. The second-order valence-electron chi connectivity index (χ2n) is 6.81. The predicted octanol–water partition coefficient (Wildman–Crippen LogP) is 5.33. The number of aromatic nitrogens is 1. The van der Waals surface area contributed by atoms with E-state index in [0.717, 1.165) is 33.2 Å². The number of para-hydroxylation sites is 1. The largest absolute Gasteiger partial charge is 0.459 e. The van der Waals surface area contributed by atoms with Crippen LogP contribution in [0.1, 0.15) is 17.0 Å². The molecule has 158 valence electrons. The molecule has 0 spiro atoms. The highest BCUT2D eigenvalue weighted by molar-refractivity contribution is 7.14. The minimum Gasteiger partial charge on any atom is -0.459 e. The van der Waals surface area contributed by atoms with Crippen LogP contribution in [0.3, 0.4) is 0 Å². The van der Waals surface area contributed by atoms with Crippen molar-refractivity contribution in [2.45, 2.75) is 13.0 Å². The molecule has 0 fully saturated rings. The van der Waals surface area contributed by atoms with Crippen LogP contribution >= 0.6 is 11.3 Å². The molecule has 7 heteroatoms. The van der Waals surface area contributed by atoms with E-state index in [1.165, 1.54) is 17.6 Å². The molecule has 0 radical (unpaired) electrons. The van der Waals surface area contributed by atoms with Crippen molar-refractivity contribution < 1.29 is 13.9 Å². The smallest absolute Gasteiger partial charge is 0.292 e. The molecule has 2 aromatic carbocycles. The molecular weight excluding hydrogens is 410 g/mol. The van der Waals surface area contributed by atoms with Crippen molar-refractivity contribution >= 4 is 27.9 Å². The number of hydrogen-bond acceptors (Lipinski definition) is 5. The molecule has 4 aromatic rings. The van der Waals surface area contributed by atoms with Crippen LogP contribution in [-0.4, -0.2) is 24.2 Å². The van der Waals surface area contributed by atoms with Crippen LogP contribution in [0.5, 0.6) is 0 Å². The van der Waals surface area contributed by atoms with Crippen LogP contribution in [0, 0.1) is 0 Å². The van der Waals surface area contributed by atoms with Gasteiger partial charge in [0.2, 0.25) is 0 Å². The molecule has 6 nitrogen and oxygen atoms in total. The molecule has 0 aliphatic heterocycles. The SMILES string of the molecule is COCCCn1c(-c2ccccc2)c(NC(=O)c2ccco2)sc1=Nc1ccccc1. The number of rotatable bonds is 8. The van der Waals surface area contributed by atoms with Crippen LogP contribution < -0.4 is 10.1 Å². The normalized spacial score (nSPS) is 11.6. The van der Waals surface area contributed by atoms with Gasteiger partial charge in [0, 0.05) is 25.8 Å². The fourth-order valence-electron chi connectivity index (χ4n) is 3.22. The summed E-state index contributed by atoms with van der Waals surface area (Å²) in [5.74, 6) is -0.0290. The number of nitrogens with zero attached hydrogens (tertiary/aromatic N) is 2. The molecule has 2 heterocycles. The van der Waals surface area contributed by atoms with Crippen LogP contribution in [-0.2, 0) is 11.3 Å². The number of anilines is 1. The standard InChI is InChI=1S/C24H23N3O3S/c1-29-16-9-15-27-21(18-10-4-2-5-11-18)23(26-22(28)20-14-8-17-30-20)31-24(27)25-19-12-6-3-7-13-19/h2-8,10-14,17H,9,15-16H2,1H3,(H,26,28). The number of furan rings is 1. The zero-order valence-electron chi connectivity index (χ0n) is 17.2. The highest BCUT2D eigenvalue weighted by atomic mass is 32.1. The van der Waals surface area contributed by atoms with E-state index in [1.807, 2.05) is 60.7 Å². The summed E-state index contributed by atoms with van der Waals surface area (Å²) in [4.78, 5) is 18.4. The summed E-state index contributed by atoms with van der Waals surface area (Å²) in [6, 6.07) is 23.1. The van der Waals surface area contributed by atoms with E-state index in [2.05, 4.69) is 9.88 Å². The van der Waals surface area contributed by atoms with Gasteiger partial charge in [0.15, 0.2) is 10.6 Å². The van der Waals surface area contributed by atoms with Crippen LogP contribution in [0.2, 0.25) is 0 Å². The molecule has 4 rings (SSSR count). The topological polar surface area (TPSA) is 68.8 Å². The maximum atomic E-state index is 12.7. The molecular formula is C24H23N3O3S. The van der Waals surface area contributed by atoms with Gasteiger partial charge in [0.05, 0.1) is 17.6 Å². The van der Waals surface area contributed by atoms with E-state index in [1.54, 1.807) is 19.2 Å². The zero-order chi connectivity index (χ0) is 21.5. The number of nitrogens with one attached hydrogen (secondary N) is 1. The zero-order valence-corrected chi connectivity index (χ0v) is 18.0. The van der Waals surface area contributed by atoms with Gasteiger partial charge in [-0.3, -0.25) is 4.79 Å². The van der Waals surface area contributed by atoms with Gasteiger partial charge in [0.1, 0.15) is 5.00 Å². The summed E-state index contributed by atoms with van der Waals surface area (Å²) < 4.78 is 12.7. The number of carbonyl (C=O) groups excluding carboxylic acids is 1. The minimum absolute atomic E-state index is 0.264. The molecule has 0 unspecified atom stereocenters. The van der Waals surface area contributed by atoms with Gasteiger partial charge in [-0.1, -0.05) is 59.9 Å². The Morgan fingerprint density at radius 1 is 1.06 bits per heavy atom. The molecule has 0 bridgehead atoms. The number of hydrogen-bond donors (Lipinski definition) is 1. The summed E-state index contributed by atoms with van der Waals surface area (Å²) in [6.07, 6.45) is 2.31. The van der Waals surface area contributed by atoms with E-state index in [0.29, 0.717) is 13.2 Å². The molecule has 0 saturated heterocycles. The average Bonchev–Trinajstić information content (AvgIpc) is 3.44. The van der Waals surface area contributed by atoms with E-state index in [9.17, 15) is 4.79 Å². The van der Waals surface area contributed by atoms with E-state index < -0.39 is 0 Å². The summed E-state index contributed by atoms with van der Waals surface area (Å²) >= 11 is 1.44. The van der Waals surface area contributed by atoms with Gasteiger partial charge in [-0.25, -0.2) is 4.99 Å². The monoisotopic (exact) mass is 433 g/mol. The molecule has 31 heavy (non-hydrogen) atoms. The Labute approximate surface area is 184 Å². The minimum atomic E-state index is -0.293. The molecule has 1 amide bonds. The highest BCUT2D eigenvalue weighted by Crippen LogP contribution is 2.32. The molecule has 1 N–H and O–H groups in total. The first-order valence-corrected chi connectivity index (χ1v) is 10.8. The van der Waals surface area contributed by atoms with Crippen molar-refractivity contribution in [3.05, 3.63) is 89.6 Å². The molecule has 0 aliphatic rings. The number of amides is 1. The first kappa shape index (κ1) is 20.8. The van der Waals surface area contributed by atoms with Crippen molar-refractivity contribution in [3.63, 3.8) is 0 Å². The Bertz CT molecular complexity index is 1180. The number of methoxy groups -OCH3 is 1. The molecule has 0 aliphatic carbocycles. The van der Waals surface area contributed by atoms with Gasteiger partial charge in [-0.2, -0.15) is 0 Å². The van der Waals surface area contributed by atoms with E-state index >= 15 is 0 Å². The van der Waals surface area contributed by atoms with Gasteiger partial charge >= 0.3 is 0 Å². The first-order valence-electron chi connectivity index (χ1n) is 9.99. The number of carbonyl (C=O) groups is 1. The number of thiazole rings is 1. The lowest BCUT2D eigenvalue weighted by Crippen LogP contribution is -2.17. The second-order valence-corrected chi connectivity index (χ2v) is 7.78. The van der Waals surface area contributed by atoms with Gasteiger partial charge in [-0.15, -0.1) is 0 Å². The summed E-state index contributed by atoms with van der Waals surface area (Å²) in [5, 5.41) is 3.74. The maximum Gasteiger partial charge on any atom is 0.292 e. The van der Waals surface area contributed by atoms with Crippen LogP contribution in [0.15, 0.2) is 88.5 Å². The third-order valence-electron chi connectivity index (χ3n) is 4.64. The second kappa shape index (κ2) is 10.1.